The number of hydrogen-bond acceptors (Lipinski definition) is 1. The molecule has 3 N–H and O–H groups in total. The minimum atomic E-state index is 0. The topological polar surface area (TPSA) is 35.0 Å². The third-order valence-electron chi connectivity index (χ3n) is 1.56. The summed E-state index contributed by atoms with van der Waals surface area (Å²) in [5, 5.41) is 1.39. The van der Waals surface area contributed by atoms with Gasteiger partial charge in [0.25, 0.3) is 0 Å². The summed E-state index contributed by atoms with van der Waals surface area (Å²) in [5.74, 6) is 2.31. The van der Waals surface area contributed by atoms with Gasteiger partial charge in [0.2, 0.25) is 0 Å². The predicted molar refractivity (Wildman–Crippen MR) is 51.6 cm³/mol. The minimum absolute atomic E-state index is 0. The van der Waals surface area contributed by atoms with E-state index in [9.17, 15) is 0 Å². The normalized spacial score (nSPS) is 8.45. The molecule has 2 heteroatoms. The van der Waals surface area contributed by atoms with Crippen LogP contribution in [0.4, 0.5) is 0 Å². The van der Waals surface area contributed by atoms with E-state index in [0.29, 0.717) is 15.2 Å². The molecule has 0 saturated heterocycles. The molecule has 0 amide bonds. The lowest BCUT2D eigenvalue weighted by atomic mass is 10.2. The Balaban J connectivity index is 0.000001000. The van der Waals surface area contributed by atoms with E-state index in [4.69, 9.17) is 0 Å². The van der Waals surface area contributed by atoms with Crippen molar-refractivity contribution in [1.82, 2.24) is 6.15 Å². The lowest BCUT2D eigenvalue weighted by Gasteiger charge is -1.95. The molecule has 0 atom stereocenters. The summed E-state index contributed by atoms with van der Waals surface area (Å²) in [6.07, 6.45) is 1.27. The molecule has 0 bridgehead atoms. The minimum Gasteiger partial charge on any atom is -0.344 e. The van der Waals surface area contributed by atoms with Crippen molar-refractivity contribution < 1.29 is 0 Å². The Labute approximate surface area is 75.1 Å². The zero-order valence-electron chi connectivity index (χ0n) is 7.09. The van der Waals surface area contributed by atoms with E-state index in [1.807, 2.05) is 0 Å². The van der Waals surface area contributed by atoms with Crippen molar-refractivity contribution in [1.29, 1.82) is 0 Å². The quantitative estimate of drug-likeness (QED) is 0.684. The van der Waals surface area contributed by atoms with E-state index in [0.717, 1.165) is 0 Å². The third kappa shape index (κ3) is 4.21. The molecule has 59 valence electrons. The van der Waals surface area contributed by atoms with E-state index in [1.165, 1.54) is 17.3 Å². The van der Waals surface area contributed by atoms with Gasteiger partial charge in [0.1, 0.15) is 0 Å². The van der Waals surface area contributed by atoms with Crippen molar-refractivity contribution in [3.63, 3.8) is 0 Å². The average Bonchev–Trinajstić information content (AvgIpc) is 2.03. The molecular weight excluding hydrogens is 149 g/mol. The fourth-order valence-corrected chi connectivity index (χ4v) is 1.58. The molecule has 1 nitrogen and oxygen atoms in total. The van der Waals surface area contributed by atoms with Crippen molar-refractivity contribution in [2.24, 2.45) is 0 Å². The summed E-state index contributed by atoms with van der Waals surface area (Å²) >= 11 is 0.677. The smallest absolute Gasteiger partial charge is 0.196 e. The van der Waals surface area contributed by atoms with E-state index in [1.54, 1.807) is 0 Å². The van der Waals surface area contributed by atoms with Gasteiger partial charge in [-0.25, -0.2) is 0 Å². The van der Waals surface area contributed by atoms with Crippen molar-refractivity contribution in [3.8, 4) is 0 Å². The zero-order chi connectivity index (χ0) is 7.23. The fraction of sp³-hybridized carbons (Fsp3) is 0.333. The second-order valence-corrected chi connectivity index (χ2v) is 3.83. The van der Waals surface area contributed by atoms with Gasteiger partial charge < -0.3 is 6.15 Å². The maximum Gasteiger partial charge on any atom is 0.196 e. The van der Waals surface area contributed by atoms with E-state index >= 15 is 0 Å². The number of benzene rings is 1. The van der Waals surface area contributed by atoms with Crippen molar-refractivity contribution in [3.05, 3.63) is 35.9 Å². The summed E-state index contributed by atoms with van der Waals surface area (Å²) in [7, 11) is 0. The Morgan fingerprint density at radius 2 is 1.82 bits per heavy atom. The van der Waals surface area contributed by atoms with E-state index in [-0.39, 0.29) is 6.15 Å². The molecular formula is C9H15AlN. The van der Waals surface area contributed by atoms with Crippen LogP contribution in [0.5, 0.6) is 0 Å². The van der Waals surface area contributed by atoms with E-state index in [2.05, 4.69) is 36.1 Å². The molecule has 0 aliphatic rings. The third-order valence-corrected chi connectivity index (χ3v) is 2.43. The molecule has 1 aromatic carbocycles. The summed E-state index contributed by atoms with van der Waals surface area (Å²) in [4.78, 5) is 0. The zero-order valence-corrected chi connectivity index (χ0v) is 8.24. The maximum atomic E-state index is 2.31. The molecule has 1 aromatic rings. The van der Waals surface area contributed by atoms with Crippen LogP contribution in [0.25, 0.3) is 0 Å². The molecule has 0 saturated carbocycles. The van der Waals surface area contributed by atoms with Gasteiger partial charge >= 0.3 is 0 Å². The van der Waals surface area contributed by atoms with Gasteiger partial charge in [0.15, 0.2) is 15.2 Å². The Hall–Kier alpha value is -0.288. The molecule has 0 fully saturated rings. The summed E-state index contributed by atoms with van der Waals surface area (Å²) in [5.41, 5.74) is 1.48. The first-order valence-electron chi connectivity index (χ1n) is 3.75. The molecule has 1 rings (SSSR count). The second-order valence-electron chi connectivity index (χ2n) is 2.43. The van der Waals surface area contributed by atoms with Gasteiger partial charge in [-0.15, -0.1) is 11.1 Å². The first-order valence-corrected chi connectivity index (χ1v) is 5.72. The standard InChI is InChI=1S/C8H9.CH3.Al.H3N/c1-2-8-6-4-3-5-7-8;;;/h3-7H,1-2H2;1H3;;1H3. The van der Waals surface area contributed by atoms with Gasteiger partial charge in [0, 0.05) is 0 Å². The molecule has 0 aliphatic carbocycles. The van der Waals surface area contributed by atoms with Crippen molar-refractivity contribution in [2.45, 2.75) is 17.5 Å². The fourth-order valence-electron chi connectivity index (χ4n) is 0.956. The molecule has 0 aliphatic heterocycles. The lowest BCUT2D eigenvalue weighted by molar-refractivity contribution is 1.12. The molecule has 0 unspecified atom stereocenters. The average molecular weight is 164 g/mol. The van der Waals surface area contributed by atoms with Gasteiger partial charge in [0.05, 0.1) is 0 Å². The molecule has 0 aromatic heterocycles. The van der Waals surface area contributed by atoms with Gasteiger partial charge in [-0.1, -0.05) is 30.3 Å². The van der Waals surface area contributed by atoms with Crippen LogP contribution >= 0.6 is 0 Å². The van der Waals surface area contributed by atoms with Crippen LogP contribution in [0, 0.1) is 0 Å². The highest BCUT2D eigenvalue weighted by molar-refractivity contribution is 6.33. The Morgan fingerprint density at radius 3 is 2.36 bits per heavy atom. The summed E-state index contributed by atoms with van der Waals surface area (Å²) < 4.78 is 0. The number of hydrogen-bond donors (Lipinski definition) is 1. The highest BCUT2D eigenvalue weighted by Gasteiger charge is 1.88. The van der Waals surface area contributed by atoms with Crippen LogP contribution in [0.15, 0.2) is 30.3 Å². The molecule has 1 radical (unpaired) electrons. The molecule has 0 spiro atoms. The van der Waals surface area contributed by atoms with Crippen LogP contribution in [-0.2, 0) is 6.42 Å². The highest BCUT2D eigenvalue weighted by Crippen LogP contribution is 2.01. The Bertz CT molecular complexity index is 174. The first kappa shape index (κ1) is 10.7. The predicted octanol–water partition coefficient (Wildman–Crippen LogP) is 2.56. The van der Waals surface area contributed by atoms with Crippen LogP contribution in [0.2, 0.25) is 11.1 Å². The first-order chi connectivity index (χ1) is 4.93. The maximum absolute atomic E-state index is 2.31. The second kappa shape index (κ2) is 6.42. The van der Waals surface area contributed by atoms with Crippen molar-refractivity contribution >= 4 is 15.2 Å². The lowest BCUT2D eigenvalue weighted by Crippen LogP contribution is -1.86. The van der Waals surface area contributed by atoms with Crippen LogP contribution in [0.3, 0.4) is 0 Å². The van der Waals surface area contributed by atoms with E-state index < -0.39 is 0 Å². The van der Waals surface area contributed by atoms with Crippen LogP contribution in [-0.4, -0.2) is 15.2 Å². The molecule has 0 heterocycles. The van der Waals surface area contributed by atoms with Gasteiger partial charge in [-0.05, 0) is 12.0 Å². The summed E-state index contributed by atoms with van der Waals surface area (Å²) in [6, 6.07) is 10.7. The Kier molecular flexibility index (Phi) is 6.26. The Morgan fingerprint density at radius 1 is 1.18 bits per heavy atom. The van der Waals surface area contributed by atoms with Crippen LogP contribution in [0.1, 0.15) is 5.56 Å². The number of rotatable bonds is 3. The molecule has 11 heavy (non-hydrogen) atoms. The van der Waals surface area contributed by atoms with Gasteiger partial charge in [-0.2, -0.15) is 0 Å². The van der Waals surface area contributed by atoms with Gasteiger partial charge in [-0.3, -0.25) is 0 Å². The van der Waals surface area contributed by atoms with Crippen molar-refractivity contribution in [2.75, 3.05) is 0 Å². The highest BCUT2D eigenvalue weighted by atomic mass is 27.1. The summed E-state index contributed by atoms with van der Waals surface area (Å²) in [6.45, 7) is 0. The largest absolute Gasteiger partial charge is 0.344 e. The number of aryl methyl sites for hydroxylation is 1. The SMILES string of the molecule is N.[CH3][Al][CH2]Cc1ccccc1. The van der Waals surface area contributed by atoms with Crippen LogP contribution < -0.4 is 6.15 Å². The monoisotopic (exact) mass is 164 g/mol.